The Morgan fingerprint density at radius 2 is 1.14 bits per heavy atom. The molecule has 0 fully saturated rings. The molecule has 8 rings (SSSR count). The van der Waals surface area contributed by atoms with Crippen LogP contribution in [0.2, 0.25) is 17.3 Å². The summed E-state index contributed by atoms with van der Waals surface area (Å²) in [7, 11) is 0. The normalized spacial score (nSPS) is 12.3. The van der Waals surface area contributed by atoms with E-state index >= 15 is 0 Å². The van der Waals surface area contributed by atoms with Crippen LogP contribution < -0.4 is 4.40 Å². The molecule has 50 heavy (non-hydrogen) atoms. The minimum atomic E-state index is -1.85. The summed E-state index contributed by atoms with van der Waals surface area (Å²) in [6.07, 6.45) is 0. The van der Waals surface area contributed by atoms with Crippen molar-refractivity contribution in [3.63, 3.8) is 0 Å². The van der Waals surface area contributed by atoms with Crippen LogP contribution in [-0.4, -0.2) is 22.8 Å². The number of hydrogen-bond donors (Lipinski definition) is 0. The Balaban J connectivity index is 1.31. The molecule has 248 valence electrons. The maximum atomic E-state index is 6.57. The van der Waals surface area contributed by atoms with Crippen LogP contribution in [0, 0.1) is 0 Å². The van der Waals surface area contributed by atoms with Gasteiger partial charge in [-0.25, -0.2) is 4.98 Å². The molecule has 2 heterocycles. The number of imidazole rings is 1. The van der Waals surface area contributed by atoms with Crippen LogP contribution in [0.25, 0.3) is 72.3 Å². The van der Waals surface area contributed by atoms with Crippen molar-refractivity contribution in [2.45, 2.75) is 56.8 Å². The fraction of sp³-hybridized carbons (Fsp3) is 0.196. The number of furan rings is 1. The first-order valence-corrected chi connectivity index (χ1v) is 25.2. The van der Waals surface area contributed by atoms with E-state index in [0.29, 0.717) is 0 Å². The van der Waals surface area contributed by atoms with Crippen LogP contribution in [-0.2, 0) is 0 Å². The summed E-state index contributed by atoms with van der Waals surface area (Å²) in [5.74, 6) is 8.81. The van der Waals surface area contributed by atoms with E-state index in [4.69, 9.17) is 9.40 Å². The number of fused-ring (bicyclic) bond motifs is 4. The molecule has 0 aliphatic carbocycles. The summed E-state index contributed by atoms with van der Waals surface area (Å²) in [6.45, 7) is 9.22. The van der Waals surface area contributed by atoms with Crippen LogP contribution >= 0.6 is 0 Å². The first-order chi connectivity index (χ1) is 24.1. The topological polar surface area (TPSA) is 31.0 Å². The summed E-state index contributed by atoms with van der Waals surface area (Å²) in [6, 6.07) is 46.4. The van der Waals surface area contributed by atoms with Crippen LogP contribution in [0.3, 0.4) is 0 Å². The SMILES string of the molecule is CC(C)c1cc(-c2ccc(-c3cc[c]([Ge]([CH3])([CH3])[CH3])cc3)cc2)cc(C(C)C)c1-n1c(-c2cccc3c2oc2ccccc23)nc2ccccc21. The molecule has 0 aliphatic rings. The van der Waals surface area contributed by atoms with E-state index < -0.39 is 13.3 Å². The predicted molar refractivity (Wildman–Crippen MR) is 216 cm³/mol. The second kappa shape index (κ2) is 12.5. The Kier molecular flexibility index (Phi) is 8.07. The van der Waals surface area contributed by atoms with Gasteiger partial charge in [0.2, 0.25) is 0 Å². The Hall–Kier alpha value is -4.87. The standard InChI is InChI=1S/C46H44GeN2O/c1-29(2)39-27-34(33-21-19-31(20-22-33)32-23-25-35(26-24-32)47(5,6)7)28-40(30(3)4)44(39)49-42-17-10-9-16-41(42)48-46(49)38-15-12-14-37-36-13-8-11-18-43(36)50-45(37)38/h8-30H,1-7H3. The molecule has 0 spiro atoms. The third kappa shape index (κ3) is 5.58. The van der Waals surface area contributed by atoms with Gasteiger partial charge in [-0.1, -0.05) is 70.2 Å². The first-order valence-electron chi connectivity index (χ1n) is 17.9. The van der Waals surface area contributed by atoms with Crippen molar-refractivity contribution in [3.05, 3.63) is 139 Å². The molecule has 2 aromatic heterocycles. The van der Waals surface area contributed by atoms with Crippen molar-refractivity contribution in [2.24, 2.45) is 0 Å². The second-order valence-electron chi connectivity index (χ2n) is 15.3. The van der Waals surface area contributed by atoms with Crippen molar-refractivity contribution < 1.29 is 4.42 Å². The number of hydrogen-bond acceptors (Lipinski definition) is 2. The average molecular weight is 713 g/mol. The average Bonchev–Trinajstić information content (AvgIpc) is 3.69. The molecule has 0 aliphatic heterocycles. The van der Waals surface area contributed by atoms with E-state index in [0.717, 1.165) is 44.4 Å². The van der Waals surface area contributed by atoms with Gasteiger partial charge in [0.05, 0.1) is 16.6 Å². The van der Waals surface area contributed by atoms with Crippen molar-refractivity contribution in [1.29, 1.82) is 0 Å². The van der Waals surface area contributed by atoms with E-state index in [9.17, 15) is 0 Å². The van der Waals surface area contributed by atoms with E-state index in [1.807, 2.05) is 12.1 Å². The number of rotatable bonds is 7. The van der Waals surface area contributed by atoms with Gasteiger partial charge in [0.1, 0.15) is 17.0 Å². The summed E-state index contributed by atoms with van der Waals surface area (Å²) in [5.41, 5.74) is 13.7. The second-order valence-corrected chi connectivity index (χ2v) is 25.9. The number of benzene rings is 6. The number of para-hydroxylation sites is 4. The summed E-state index contributed by atoms with van der Waals surface area (Å²) < 4.78 is 10.5. The van der Waals surface area contributed by atoms with Crippen LogP contribution in [0.5, 0.6) is 0 Å². The van der Waals surface area contributed by atoms with E-state index in [1.54, 1.807) is 0 Å². The molecule has 0 saturated carbocycles. The van der Waals surface area contributed by atoms with Crippen molar-refractivity contribution in [1.82, 2.24) is 9.55 Å². The minimum Gasteiger partial charge on any atom is -0.455 e. The third-order valence-electron chi connectivity index (χ3n) is 10.1. The quantitative estimate of drug-likeness (QED) is 0.154. The molecule has 8 aromatic rings. The van der Waals surface area contributed by atoms with Gasteiger partial charge in [0.25, 0.3) is 0 Å². The van der Waals surface area contributed by atoms with Gasteiger partial charge >= 0.3 is 146 Å². The Morgan fingerprint density at radius 3 is 1.78 bits per heavy atom. The molecule has 0 bridgehead atoms. The van der Waals surface area contributed by atoms with E-state index in [-0.39, 0.29) is 11.8 Å². The van der Waals surface area contributed by atoms with E-state index in [1.165, 1.54) is 43.5 Å². The zero-order chi connectivity index (χ0) is 34.7. The molecule has 0 unspecified atom stereocenters. The molecular weight excluding hydrogens is 669 g/mol. The van der Waals surface area contributed by atoms with Gasteiger partial charge in [0, 0.05) is 10.8 Å². The zero-order valence-corrected chi connectivity index (χ0v) is 32.2. The first kappa shape index (κ1) is 32.3. The van der Waals surface area contributed by atoms with Gasteiger partial charge in [-0.05, 0) is 24.3 Å². The van der Waals surface area contributed by atoms with E-state index in [2.05, 4.69) is 165 Å². The van der Waals surface area contributed by atoms with Crippen LogP contribution in [0.1, 0.15) is 50.7 Å². The Bertz CT molecular complexity index is 2480. The fourth-order valence-corrected chi connectivity index (χ4v) is 9.81. The van der Waals surface area contributed by atoms with Crippen molar-refractivity contribution in [3.8, 4) is 39.3 Å². The predicted octanol–water partition coefficient (Wildman–Crippen LogP) is 12.7. The smallest absolute Gasteiger partial charge is 0.455 e. The summed E-state index contributed by atoms with van der Waals surface area (Å²) >= 11 is -1.85. The monoisotopic (exact) mass is 714 g/mol. The number of aromatic nitrogens is 2. The van der Waals surface area contributed by atoms with Crippen molar-refractivity contribution >= 4 is 50.6 Å². The maximum absolute atomic E-state index is 6.57. The van der Waals surface area contributed by atoms with Crippen LogP contribution in [0.15, 0.2) is 132 Å². The summed E-state index contributed by atoms with van der Waals surface area (Å²) in [4.78, 5) is 5.32. The molecule has 0 amide bonds. The fourth-order valence-electron chi connectivity index (χ4n) is 7.36. The Labute approximate surface area is 298 Å². The van der Waals surface area contributed by atoms with Gasteiger partial charge in [-0.15, -0.1) is 0 Å². The van der Waals surface area contributed by atoms with Crippen LogP contribution in [0.4, 0.5) is 0 Å². The molecular formula is C46H44GeN2O. The van der Waals surface area contributed by atoms with Crippen molar-refractivity contribution in [2.75, 3.05) is 0 Å². The van der Waals surface area contributed by atoms with Gasteiger partial charge in [-0.2, -0.15) is 0 Å². The van der Waals surface area contributed by atoms with Gasteiger partial charge in [-0.3, -0.25) is 4.57 Å². The molecule has 0 atom stereocenters. The molecule has 4 heteroatoms. The minimum absolute atomic E-state index is 0.281. The van der Waals surface area contributed by atoms with Gasteiger partial charge < -0.3 is 4.42 Å². The Morgan fingerprint density at radius 1 is 0.580 bits per heavy atom. The molecule has 0 saturated heterocycles. The molecule has 3 nitrogen and oxygen atoms in total. The van der Waals surface area contributed by atoms with Gasteiger partial charge in [0.15, 0.2) is 0 Å². The third-order valence-corrected chi connectivity index (χ3v) is 14.5. The molecule has 6 aromatic carbocycles. The summed E-state index contributed by atoms with van der Waals surface area (Å²) in [5, 5.41) is 2.23. The molecule has 0 radical (unpaired) electrons. The zero-order valence-electron chi connectivity index (χ0n) is 30.1. The number of nitrogens with zero attached hydrogens (tertiary/aromatic N) is 2. The molecule has 0 N–H and O–H groups in total.